The molecule has 0 bridgehead atoms. The highest BCUT2D eigenvalue weighted by molar-refractivity contribution is 6.36. The number of anilines is 2. The van der Waals surface area contributed by atoms with E-state index in [1.54, 1.807) is 30.3 Å². The Bertz CT molecular complexity index is 822. The van der Waals surface area contributed by atoms with Gasteiger partial charge in [0.2, 0.25) is 0 Å². The van der Waals surface area contributed by atoms with Gasteiger partial charge in [0.15, 0.2) is 5.82 Å². The Morgan fingerprint density at radius 3 is 2.59 bits per heavy atom. The summed E-state index contributed by atoms with van der Waals surface area (Å²) in [6, 6.07) is 6.86. The molecule has 0 radical (unpaired) electrons. The van der Waals surface area contributed by atoms with E-state index in [0.29, 0.717) is 5.56 Å². The third kappa shape index (κ3) is 5.50. The number of amides is 2. The van der Waals surface area contributed by atoms with Gasteiger partial charge in [-0.05, 0) is 5.56 Å². The fraction of sp³-hybridized carbons (Fsp3) is 0.188. The van der Waals surface area contributed by atoms with Crippen molar-refractivity contribution in [3.63, 3.8) is 0 Å². The third-order valence-corrected chi connectivity index (χ3v) is 3.86. The number of benzene rings is 1. The van der Waals surface area contributed by atoms with Crippen molar-refractivity contribution >= 4 is 35.0 Å². The van der Waals surface area contributed by atoms with E-state index in [9.17, 15) is 13.6 Å². The van der Waals surface area contributed by atoms with E-state index in [2.05, 4.69) is 20.4 Å². The first-order chi connectivity index (χ1) is 12.8. The molecule has 2 rings (SSSR count). The molecular weight excluding hydrogens is 382 g/mol. The molecule has 0 aliphatic heterocycles. The van der Waals surface area contributed by atoms with Gasteiger partial charge in [-0.15, -0.1) is 0 Å². The van der Waals surface area contributed by atoms with Crippen molar-refractivity contribution in [1.29, 1.82) is 5.41 Å². The molecule has 0 aliphatic carbocycles. The second kappa shape index (κ2) is 9.10. The lowest BCUT2D eigenvalue weighted by molar-refractivity contribution is -0.133. The Labute approximate surface area is 158 Å². The summed E-state index contributed by atoms with van der Waals surface area (Å²) in [6.45, 7) is -3.42. The molecule has 2 aromatic rings. The van der Waals surface area contributed by atoms with Crippen LogP contribution in [0.15, 0.2) is 36.5 Å². The number of nitrogens with two attached hydrogens (primary N) is 2. The van der Waals surface area contributed by atoms with Crippen LogP contribution in [0.3, 0.4) is 0 Å². The Kier molecular flexibility index (Phi) is 6.85. The lowest BCUT2D eigenvalue weighted by Gasteiger charge is -2.20. The quantitative estimate of drug-likeness (QED) is 0.360. The van der Waals surface area contributed by atoms with Crippen molar-refractivity contribution in [2.24, 2.45) is 5.73 Å². The number of pyridine rings is 1. The first kappa shape index (κ1) is 20.3. The van der Waals surface area contributed by atoms with Crippen molar-refractivity contribution in [3.05, 3.63) is 52.7 Å². The summed E-state index contributed by atoms with van der Waals surface area (Å²) in [5.41, 5.74) is 11.8. The van der Waals surface area contributed by atoms with Crippen LogP contribution in [0.4, 0.5) is 25.1 Å². The molecule has 144 valence electrons. The number of halogens is 3. The van der Waals surface area contributed by atoms with Crippen LogP contribution in [-0.4, -0.2) is 30.1 Å². The largest absolute Gasteiger partial charge is 0.397 e. The molecule has 0 aliphatic rings. The molecular formula is C16H17ClF2N6O2. The van der Waals surface area contributed by atoms with E-state index in [1.807, 2.05) is 0 Å². The van der Waals surface area contributed by atoms with Gasteiger partial charge >= 0.3 is 12.6 Å². The molecule has 7 N–H and O–H groups in total. The zero-order valence-corrected chi connectivity index (χ0v) is 14.6. The van der Waals surface area contributed by atoms with Gasteiger partial charge in [0.25, 0.3) is 0 Å². The van der Waals surface area contributed by atoms with Crippen LogP contribution in [0.25, 0.3) is 0 Å². The maximum atomic E-state index is 12.4. The second-order valence-electron chi connectivity index (χ2n) is 5.32. The van der Waals surface area contributed by atoms with Crippen LogP contribution in [0.2, 0.25) is 5.02 Å². The van der Waals surface area contributed by atoms with Gasteiger partial charge in [-0.2, -0.15) is 8.78 Å². The van der Waals surface area contributed by atoms with E-state index in [0.717, 1.165) is 0 Å². The molecule has 1 atom stereocenters. The zero-order chi connectivity index (χ0) is 20.0. The molecule has 0 saturated carbocycles. The molecule has 1 aromatic carbocycles. The third-order valence-electron chi connectivity index (χ3n) is 3.48. The Balaban J connectivity index is 2.14. The van der Waals surface area contributed by atoms with Crippen molar-refractivity contribution in [2.75, 3.05) is 17.7 Å². The molecule has 1 unspecified atom stereocenters. The smallest absolute Gasteiger partial charge is 0.345 e. The molecule has 11 heteroatoms. The van der Waals surface area contributed by atoms with Gasteiger partial charge in [0.1, 0.15) is 10.9 Å². The van der Waals surface area contributed by atoms with Crippen LogP contribution < -0.4 is 22.1 Å². The fourth-order valence-electron chi connectivity index (χ4n) is 2.18. The van der Waals surface area contributed by atoms with E-state index in [-0.39, 0.29) is 27.9 Å². The van der Waals surface area contributed by atoms with E-state index < -0.39 is 25.3 Å². The second-order valence-corrected chi connectivity index (χ2v) is 5.70. The zero-order valence-electron chi connectivity index (χ0n) is 13.9. The summed E-state index contributed by atoms with van der Waals surface area (Å²) in [7, 11) is 0. The van der Waals surface area contributed by atoms with Gasteiger partial charge in [-0.3, -0.25) is 10.7 Å². The van der Waals surface area contributed by atoms with Crippen molar-refractivity contribution in [3.8, 4) is 0 Å². The van der Waals surface area contributed by atoms with E-state index in [1.165, 1.54) is 6.20 Å². The van der Waals surface area contributed by atoms with Crippen molar-refractivity contribution in [1.82, 2.24) is 10.3 Å². The minimum Gasteiger partial charge on any atom is -0.397 e. The van der Waals surface area contributed by atoms with E-state index >= 15 is 0 Å². The normalized spacial score (nSPS) is 11.9. The molecule has 0 spiro atoms. The molecule has 0 fully saturated rings. The van der Waals surface area contributed by atoms with Crippen LogP contribution in [0, 0.1) is 5.41 Å². The SMILES string of the molecule is N=C(N)c1cnc(NC(=O)NC(COC(F)F)c2ccccc2)c(Cl)c1N. The predicted octanol–water partition coefficient (Wildman–Crippen LogP) is 2.70. The summed E-state index contributed by atoms with van der Waals surface area (Å²) in [5.74, 6) is -0.399. The molecule has 2 amide bonds. The van der Waals surface area contributed by atoms with Crippen LogP contribution in [0.5, 0.6) is 0 Å². The highest BCUT2D eigenvalue weighted by atomic mass is 35.5. The number of nitrogen functional groups attached to an aromatic ring is 2. The van der Waals surface area contributed by atoms with Gasteiger partial charge in [-0.1, -0.05) is 41.9 Å². The van der Waals surface area contributed by atoms with Crippen LogP contribution in [0.1, 0.15) is 17.2 Å². The Morgan fingerprint density at radius 1 is 1.33 bits per heavy atom. The summed E-state index contributed by atoms with van der Waals surface area (Å²) >= 11 is 6.04. The Hall–Kier alpha value is -2.98. The average molecular weight is 399 g/mol. The molecule has 1 heterocycles. The monoisotopic (exact) mass is 398 g/mol. The maximum Gasteiger partial charge on any atom is 0.345 e. The molecule has 8 nitrogen and oxygen atoms in total. The minimum atomic E-state index is -2.98. The number of nitrogens with one attached hydrogen (secondary N) is 3. The minimum absolute atomic E-state index is 0.0184. The lowest BCUT2D eigenvalue weighted by atomic mass is 10.1. The van der Waals surface area contributed by atoms with E-state index in [4.69, 9.17) is 28.5 Å². The lowest BCUT2D eigenvalue weighted by Crippen LogP contribution is -2.35. The highest BCUT2D eigenvalue weighted by Gasteiger charge is 2.19. The Morgan fingerprint density at radius 2 is 2.00 bits per heavy atom. The van der Waals surface area contributed by atoms with Crippen molar-refractivity contribution < 1.29 is 18.3 Å². The standard InChI is InChI=1S/C16H17ClF2N6O2/c17-11-12(20)9(13(21)22)6-23-14(11)25-16(26)24-10(7-27-15(18)19)8-4-2-1-3-5-8/h1-6,10,15H,7H2,(H3,21,22)(H4,20,23,24,25,26). The van der Waals surface area contributed by atoms with Crippen LogP contribution >= 0.6 is 11.6 Å². The summed E-state index contributed by atoms with van der Waals surface area (Å²) in [4.78, 5) is 16.2. The van der Waals surface area contributed by atoms with Gasteiger partial charge in [0, 0.05) is 6.20 Å². The number of rotatable bonds is 7. The number of hydrogen-bond acceptors (Lipinski definition) is 5. The predicted molar refractivity (Wildman–Crippen MR) is 98.0 cm³/mol. The van der Waals surface area contributed by atoms with Gasteiger partial charge < -0.3 is 21.5 Å². The molecule has 1 aromatic heterocycles. The first-order valence-corrected chi connectivity index (χ1v) is 7.98. The molecule has 0 saturated heterocycles. The number of hydrogen-bond donors (Lipinski definition) is 5. The number of carbonyl (C=O) groups is 1. The topological polar surface area (TPSA) is 139 Å². The maximum absolute atomic E-state index is 12.4. The summed E-state index contributed by atoms with van der Waals surface area (Å²) in [5, 5.41) is 12.2. The number of urea groups is 1. The first-order valence-electron chi connectivity index (χ1n) is 7.60. The summed E-state index contributed by atoms with van der Waals surface area (Å²) < 4.78 is 29.1. The van der Waals surface area contributed by atoms with Crippen molar-refractivity contribution in [2.45, 2.75) is 12.7 Å². The van der Waals surface area contributed by atoms with Gasteiger partial charge in [-0.25, -0.2) is 9.78 Å². The number of alkyl halides is 2. The summed E-state index contributed by atoms with van der Waals surface area (Å²) in [6.07, 6.45) is 1.19. The fourth-order valence-corrected chi connectivity index (χ4v) is 2.38. The number of carbonyl (C=O) groups excluding carboxylic acids is 1. The average Bonchev–Trinajstić information content (AvgIpc) is 2.63. The molecule has 27 heavy (non-hydrogen) atoms. The number of nitrogens with zero attached hydrogens (tertiary/aromatic N) is 1. The van der Waals surface area contributed by atoms with Gasteiger partial charge in [0.05, 0.1) is 23.9 Å². The number of ether oxygens (including phenoxy) is 1. The number of aromatic nitrogens is 1. The highest BCUT2D eigenvalue weighted by Crippen LogP contribution is 2.28. The van der Waals surface area contributed by atoms with Crippen LogP contribution in [-0.2, 0) is 4.74 Å². The number of amidine groups is 1.